The van der Waals surface area contributed by atoms with E-state index in [-0.39, 0.29) is 0 Å². The van der Waals surface area contributed by atoms with Gasteiger partial charge >= 0.3 is 0 Å². The van der Waals surface area contributed by atoms with E-state index in [1.807, 2.05) is 84.9 Å². The van der Waals surface area contributed by atoms with Crippen molar-refractivity contribution < 1.29 is 8.83 Å². The first kappa shape index (κ1) is 50.0. The van der Waals surface area contributed by atoms with Crippen LogP contribution in [0.3, 0.4) is 0 Å². The van der Waals surface area contributed by atoms with Gasteiger partial charge in [-0.1, -0.05) is 255 Å². The summed E-state index contributed by atoms with van der Waals surface area (Å²) in [6, 6.07) is 100. The van der Waals surface area contributed by atoms with Crippen LogP contribution in [0.4, 0.5) is 0 Å². The van der Waals surface area contributed by atoms with Crippen LogP contribution < -0.4 is 0 Å². The van der Waals surface area contributed by atoms with E-state index in [9.17, 15) is 0 Å². The average Bonchev–Trinajstić information content (AvgIpc) is 2.72. The van der Waals surface area contributed by atoms with E-state index in [0.717, 1.165) is 133 Å². The van der Waals surface area contributed by atoms with Gasteiger partial charge in [-0.2, -0.15) is 0 Å². The molecular formula is C78H48N6O2. The molecule has 0 radical (unpaired) electrons. The van der Waals surface area contributed by atoms with Gasteiger partial charge in [0.25, 0.3) is 0 Å². The van der Waals surface area contributed by atoms with Gasteiger partial charge in [-0.15, -0.1) is 0 Å². The molecule has 4 aromatic heterocycles. The van der Waals surface area contributed by atoms with E-state index in [0.29, 0.717) is 34.9 Å². The molecule has 4 heterocycles. The Labute approximate surface area is 495 Å². The molecule has 8 nitrogen and oxygen atoms in total. The van der Waals surface area contributed by atoms with Gasteiger partial charge in [0.2, 0.25) is 0 Å². The lowest BCUT2D eigenvalue weighted by Gasteiger charge is -2.10. The van der Waals surface area contributed by atoms with E-state index < -0.39 is 0 Å². The van der Waals surface area contributed by atoms with Crippen LogP contribution in [0.25, 0.3) is 168 Å². The molecular weight excluding hydrogens is 1050 g/mol. The van der Waals surface area contributed by atoms with Crippen LogP contribution in [0.15, 0.2) is 300 Å². The van der Waals surface area contributed by atoms with Gasteiger partial charge in [0.1, 0.15) is 22.3 Å². The van der Waals surface area contributed by atoms with Crippen LogP contribution in [0.2, 0.25) is 0 Å². The van der Waals surface area contributed by atoms with Gasteiger partial charge in [-0.25, -0.2) is 29.9 Å². The smallest absolute Gasteiger partial charge is 0.164 e. The second-order valence-corrected chi connectivity index (χ2v) is 21.4. The van der Waals surface area contributed by atoms with Gasteiger partial charge in [-0.05, 0) is 86.5 Å². The van der Waals surface area contributed by atoms with Crippen molar-refractivity contribution in [2.75, 3.05) is 0 Å². The summed E-state index contributed by atoms with van der Waals surface area (Å²) in [5, 5.41) is 4.32. The van der Waals surface area contributed by atoms with Crippen molar-refractivity contribution in [3.63, 3.8) is 0 Å². The average molecular weight is 1100 g/mol. The number of benzene rings is 12. The van der Waals surface area contributed by atoms with Gasteiger partial charge in [-0.3, -0.25) is 0 Å². The highest BCUT2D eigenvalue weighted by Crippen LogP contribution is 2.39. The van der Waals surface area contributed by atoms with Crippen molar-refractivity contribution in [2.24, 2.45) is 0 Å². The number of nitrogens with zero attached hydrogens (tertiary/aromatic N) is 6. The SMILES string of the molecule is c1ccc(-c2ccc(-c3nc(-c4ccccc4)nc(-c4ccc(-c5ccc6oc7cc(-c8cccc(-c9ccc(-c%10nc(-c%11ccccc%11)nc(-c%11ccc(-c%12cccc%13c%12oc%12ccccc%12%13)cc%11)n%10)cc9)c8)ccc7c6c5)cc4)n3)cc2)cc1. The molecule has 0 aliphatic rings. The number of aromatic nitrogens is 6. The van der Waals surface area contributed by atoms with Crippen LogP contribution in [0.5, 0.6) is 0 Å². The normalized spacial score (nSPS) is 11.5. The minimum atomic E-state index is 0.596. The van der Waals surface area contributed by atoms with Crippen LogP contribution in [0, 0.1) is 0 Å². The third-order valence-electron chi connectivity index (χ3n) is 16.1. The molecule has 86 heavy (non-hydrogen) atoms. The number of rotatable bonds is 11. The van der Waals surface area contributed by atoms with Crippen molar-refractivity contribution in [2.45, 2.75) is 0 Å². The molecule has 0 saturated heterocycles. The molecule has 16 rings (SSSR count). The van der Waals surface area contributed by atoms with Crippen molar-refractivity contribution in [1.82, 2.24) is 29.9 Å². The number of furan rings is 2. The second kappa shape index (κ2) is 21.2. The fourth-order valence-electron chi connectivity index (χ4n) is 11.6. The Hall–Kier alpha value is -11.7. The Bertz CT molecular complexity index is 5180. The summed E-state index contributed by atoms with van der Waals surface area (Å²) in [6.45, 7) is 0. The van der Waals surface area contributed by atoms with Crippen LogP contribution >= 0.6 is 0 Å². The molecule has 0 spiro atoms. The molecule has 0 amide bonds. The number of fused-ring (bicyclic) bond motifs is 6. The minimum absolute atomic E-state index is 0.596. The molecule has 0 unspecified atom stereocenters. The highest BCUT2D eigenvalue weighted by Gasteiger charge is 2.18. The summed E-state index contributed by atoms with van der Waals surface area (Å²) >= 11 is 0. The van der Waals surface area contributed by atoms with Crippen LogP contribution in [-0.2, 0) is 0 Å². The third kappa shape index (κ3) is 9.43. The molecule has 0 N–H and O–H groups in total. The molecule has 16 aromatic rings. The maximum Gasteiger partial charge on any atom is 0.164 e. The van der Waals surface area contributed by atoms with E-state index in [1.165, 1.54) is 0 Å². The second-order valence-electron chi connectivity index (χ2n) is 21.4. The topological polar surface area (TPSA) is 104 Å². The van der Waals surface area contributed by atoms with E-state index in [2.05, 4.69) is 206 Å². The Kier molecular flexibility index (Phi) is 12.3. The fourth-order valence-corrected chi connectivity index (χ4v) is 11.6. The predicted octanol–water partition coefficient (Wildman–Crippen LogP) is 20.2. The summed E-state index contributed by atoms with van der Waals surface area (Å²) in [4.78, 5) is 30.1. The third-order valence-corrected chi connectivity index (χ3v) is 16.1. The zero-order valence-corrected chi connectivity index (χ0v) is 46.2. The number of hydrogen-bond acceptors (Lipinski definition) is 8. The molecule has 12 aromatic carbocycles. The van der Waals surface area contributed by atoms with Gasteiger partial charge in [0.05, 0.1) is 0 Å². The summed E-state index contributed by atoms with van der Waals surface area (Å²) < 4.78 is 12.9. The maximum absolute atomic E-state index is 6.55. The number of para-hydroxylation sites is 2. The lowest BCUT2D eigenvalue weighted by molar-refractivity contribution is 0.669. The summed E-state index contributed by atoms with van der Waals surface area (Å²) in [6.07, 6.45) is 0. The first-order valence-electron chi connectivity index (χ1n) is 28.6. The number of hydrogen-bond donors (Lipinski definition) is 0. The van der Waals surface area contributed by atoms with Gasteiger partial charge in [0.15, 0.2) is 34.9 Å². The van der Waals surface area contributed by atoms with E-state index in [1.54, 1.807) is 0 Å². The Morgan fingerprint density at radius 3 is 1.03 bits per heavy atom. The molecule has 8 heteroatoms. The lowest BCUT2D eigenvalue weighted by atomic mass is 9.97. The Morgan fingerprint density at radius 2 is 0.500 bits per heavy atom. The quantitative estimate of drug-likeness (QED) is 0.126. The fraction of sp³-hybridized carbons (Fsp3) is 0. The van der Waals surface area contributed by atoms with Crippen molar-refractivity contribution in [3.8, 4) is 124 Å². The molecule has 0 atom stereocenters. The monoisotopic (exact) mass is 1100 g/mol. The van der Waals surface area contributed by atoms with Crippen molar-refractivity contribution in [1.29, 1.82) is 0 Å². The molecule has 0 bridgehead atoms. The molecule has 402 valence electrons. The maximum atomic E-state index is 6.55. The van der Waals surface area contributed by atoms with Gasteiger partial charge < -0.3 is 8.83 Å². The largest absolute Gasteiger partial charge is 0.456 e. The summed E-state index contributed by atoms with van der Waals surface area (Å²) in [5.74, 6) is 3.66. The first-order chi connectivity index (χ1) is 42.5. The highest BCUT2D eigenvalue weighted by molar-refractivity contribution is 6.10. The lowest BCUT2D eigenvalue weighted by Crippen LogP contribution is -2.00. The molecule has 0 fully saturated rings. The zero-order chi connectivity index (χ0) is 56.9. The van der Waals surface area contributed by atoms with Gasteiger partial charge in [0, 0.05) is 60.5 Å². The highest BCUT2D eigenvalue weighted by atomic mass is 16.3. The van der Waals surface area contributed by atoms with Crippen LogP contribution in [0.1, 0.15) is 0 Å². The molecule has 0 aliphatic heterocycles. The zero-order valence-electron chi connectivity index (χ0n) is 46.2. The Morgan fingerprint density at radius 1 is 0.174 bits per heavy atom. The molecule has 0 saturated carbocycles. The summed E-state index contributed by atoms with van der Waals surface area (Å²) in [5.41, 5.74) is 19.7. The first-order valence-corrected chi connectivity index (χ1v) is 28.6. The van der Waals surface area contributed by atoms with E-state index in [4.69, 9.17) is 38.7 Å². The Balaban J connectivity index is 0.655. The summed E-state index contributed by atoms with van der Waals surface area (Å²) in [7, 11) is 0. The van der Waals surface area contributed by atoms with Crippen molar-refractivity contribution in [3.05, 3.63) is 291 Å². The standard InChI is InChI=1S/C78H48N6O2/c1-4-14-49(15-5-1)50-26-34-56(35-27-50)75-79-73(54-16-6-2-7-17-54)80-77(83-75)58-38-30-52(31-39-58)62-43-45-70-68(47-62)66-44-42-63(48-71(66)85-70)61-21-12-20-60(46-61)51-28-36-57(37-29-51)76-81-74(55-18-8-3-9-19-55)82-78(84-76)59-40-32-53(33-41-59)64-23-13-24-67-65-22-10-11-25-69(65)86-72(64)67/h1-48H. The predicted molar refractivity (Wildman–Crippen MR) is 348 cm³/mol. The minimum Gasteiger partial charge on any atom is -0.456 e. The molecule has 0 aliphatic carbocycles. The van der Waals surface area contributed by atoms with Crippen LogP contribution in [-0.4, -0.2) is 29.9 Å². The van der Waals surface area contributed by atoms with E-state index >= 15 is 0 Å². The van der Waals surface area contributed by atoms with Crippen molar-refractivity contribution >= 4 is 43.9 Å².